The number of nitrogens with one attached hydrogen (secondary N) is 3. The highest BCUT2D eigenvalue weighted by Gasteiger charge is 2.09. The van der Waals surface area contributed by atoms with Crippen molar-refractivity contribution in [1.82, 2.24) is 15.6 Å². The molecule has 0 aliphatic heterocycles. The summed E-state index contributed by atoms with van der Waals surface area (Å²) in [6.07, 6.45) is 0.291. The molecule has 19 heavy (non-hydrogen) atoms. The highest BCUT2D eigenvalue weighted by atomic mass is 16.2. The van der Waals surface area contributed by atoms with E-state index in [4.69, 9.17) is 0 Å². The van der Waals surface area contributed by atoms with Gasteiger partial charge in [0.05, 0.1) is 0 Å². The summed E-state index contributed by atoms with van der Waals surface area (Å²) in [5, 5.41) is 6.40. The van der Waals surface area contributed by atoms with Crippen LogP contribution in [0.1, 0.15) is 23.8 Å². The Hall–Kier alpha value is -2.30. The third-order valence-electron chi connectivity index (χ3n) is 2.79. The molecule has 2 rings (SSSR count). The maximum absolute atomic E-state index is 11.9. The maximum atomic E-state index is 11.9. The molecule has 0 fully saturated rings. The highest BCUT2D eigenvalue weighted by Crippen LogP contribution is 2.14. The van der Waals surface area contributed by atoms with Gasteiger partial charge in [0.1, 0.15) is 5.69 Å². The van der Waals surface area contributed by atoms with Gasteiger partial charge in [0, 0.05) is 30.4 Å². The van der Waals surface area contributed by atoms with Crippen molar-refractivity contribution < 1.29 is 9.59 Å². The van der Waals surface area contributed by atoms with Gasteiger partial charge in [-0.2, -0.15) is 0 Å². The fraction of sp³-hybridized carbons (Fsp3) is 0.286. The molecule has 1 heterocycles. The van der Waals surface area contributed by atoms with Crippen molar-refractivity contribution in [3.63, 3.8) is 0 Å². The molecule has 0 aliphatic rings. The first-order chi connectivity index (χ1) is 9.20. The molecule has 3 N–H and O–H groups in total. The summed E-state index contributed by atoms with van der Waals surface area (Å²) < 4.78 is 0. The van der Waals surface area contributed by atoms with Crippen LogP contribution >= 0.6 is 0 Å². The summed E-state index contributed by atoms with van der Waals surface area (Å²) in [6, 6.07) is 9.50. The molecule has 0 bridgehead atoms. The molecule has 1 aromatic heterocycles. The zero-order valence-electron chi connectivity index (χ0n) is 10.8. The average Bonchev–Trinajstić information content (AvgIpc) is 2.82. The van der Waals surface area contributed by atoms with E-state index in [2.05, 4.69) is 15.6 Å². The van der Waals surface area contributed by atoms with Crippen molar-refractivity contribution in [2.24, 2.45) is 0 Å². The van der Waals surface area contributed by atoms with E-state index in [1.165, 1.54) is 0 Å². The van der Waals surface area contributed by atoms with Gasteiger partial charge in [-0.15, -0.1) is 0 Å². The van der Waals surface area contributed by atoms with E-state index in [9.17, 15) is 9.59 Å². The Labute approximate surface area is 111 Å². The Bertz CT molecular complexity index is 556. The molecule has 0 aliphatic carbocycles. The summed E-state index contributed by atoms with van der Waals surface area (Å²) in [6.45, 7) is 2.80. The molecule has 0 atom stereocenters. The van der Waals surface area contributed by atoms with Gasteiger partial charge in [0.2, 0.25) is 5.91 Å². The number of amides is 2. The van der Waals surface area contributed by atoms with E-state index < -0.39 is 0 Å². The van der Waals surface area contributed by atoms with Crippen LogP contribution in [-0.4, -0.2) is 29.9 Å². The van der Waals surface area contributed by atoms with Gasteiger partial charge in [-0.1, -0.05) is 18.2 Å². The van der Waals surface area contributed by atoms with Crippen LogP contribution in [0.5, 0.6) is 0 Å². The van der Waals surface area contributed by atoms with Crippen molar-refractivity contribution in [3.05, 3.63) is 36.0 Å². The van der Waals surface area contributed by atoms with Gasteiger partial charge in [-0.25, -0.2) is 0 Å². The molecule has 100 valence electrons. The minimum atomic E-state index is -0.194. The number of aromatic amines is 1. The second-order valence-electron chi connectivity index (χ2n) is 4.23. The molecule has 2 aromatic rings. The first-order valence-electron chi connectivity index (χ1n) is 6.33. The van der Waals surface area contributed by atoms with Crippen molar-refractivity contribution in [2.45, 2.75) is 13.3 Å². The number of carbonyl (C=O) groups is 2. The standard InChI is InChI=1S/C14H17N3O2/c1-2-15-13(18)7-8-16-14(19)12-9-10-5-3-4-6-11(10)17-12/h3-6,9,17H,2,7-8H2,1H3,(H,15,18)(H,16,19). The monoisotopic (exact) mass is 259 g/mol. The number of rotatable bonds is 5. The van der Waals surface area contributed by atoms with Crippen LogP contribution in [0, 0.1) is 0 Å². The molecular weight excluding hydrogens is 242 g/mol. The highest BCUT2D eigenvalue weighted by molar-refractivity contribution is 5.98. The molecule has 5 nitrogen and oxygen atoms in total. The zero-order chi connectivity index (χ0) is 13.7. The molecule has 2 amide bonds. The molecule has 0 spiro atoms. The van der Waals surface area contributed by atoms with Gasteiger partial charge in [0.15, 0.2) is 0 Å². The summed E-state index contributed by atoms with van der Waals surface area (Å²) in [5.74, 6) is -0.250. The van der Waals surface area contributed by atoms with E-state index in [1.807, 2.05) is 31.2 Å². The number of fused-ring (bicyclic) bond motifs is 1. The predicted molar refractivity (Wildman–Crippen MR) is 73.9 cm³/mol. The maximum Gasteiger partial charge on any atom is 0.267 e. The summed E-state index contributed by atoms with van der Waals surface area (Å²) in [5.41, 5.74) is 1.44. The Morgan fingerprint density at radius 2 is 2.00 bits per heavy atom. The first kappa shape index (κ1) is 13.1. The van der Waals surface area contributed by atoms with Gasteiger partial charge in [-0.3, -0.25) is 9.59 Å². The number of benzene rings is 1. The van der Waals surface area contributed by atoms with Crippen molar-refractivity contribution in [1.29, 1.82) is 0 Å². The fourth-order valence-electron chi connectivity index (χ4n) is 1.87. The molecule has 1 aromatic carbocycles. The molecular formula is C14H17N3O2. The SMILES string of the molecule is CCNC(=O)CCNC(=O)c1cc2ccccc2[nH]1. The number of hydrogen-bond donors (Lipinski definition) is 3. The van der Waals surface area contributed by atoms with Crippen LogP contribution < -0.4 is 10.6 Å². The topological polar surface area (TPSA) is 74.0 Å². The number of para-hydroxylation sites is 1. The summed E-state index contributed by atoms with van der Waals surface area (Å²) in [4.78, 5) is 26.2. The van der Waals surface area contributed by atoms with Gasteiger partial charge in [-0.05, 0) is 19.1 Å². The Morgan fingerprint density at radius 1 is 1.21 bits per heavy atom. The van der Waals surface area contributed by atoms with E-state index in [1.54, 1.807) is 6.07 Å². The van der Waals surface area contributed by atoms with Gasteiger partial charge >= 0.3 is 0 Å². The van der Waals surface area contributed by atoms with Gasteiger partial charge < -0.3 is 15.6 Å². The van der Waals surface area contributed by atoms with Gasteiger partial charge in [0.25, 0.3) is 5.91 Å². The Morgan fingerprint density at radius 3 is 2.74 bits per heavy atom. The lowest BCUT2D eigenvalue weighted by Crippen LogP contribution is -2.30. The second kappa shape index (κ2) is 6.04. The lowest BCUT2D eigenvalue weighted by Gasteiger charge is -2.03. The molecule has 0 saturated carbocycles. The number of aromatic nitrogens is 1. The molecule has 0 radical (unpaired) electrons. The summed E-state index contributed by atoms with van der Waals surface area (Å²) in [7, 11) is 0. The second-order valence-corrected chi connectivity index (χ2v) is 4.23. The third kappa shape index (κ3) is 3.34. The first-order valence-corrected chi connectivity index (χ1v) is 6.33. The minimum Gasteiger partial charge on any atom is -0.356 e. The van der Waals surface area contributed by atoms with Crippen LogP contribution in [0.2, 0.25) is 0 Å². The minimum absolute atomic E-state index is 0.0561. The molecule has 0 saturated heterocycles. The summed E-state index contributed by atoms with van der Waals surface area (Å²) >= 11 is 0. The smallest absolute Gasteiger partial charge is 0.267 e. The van der Waals surface area contributed by atoms with Crippen LogP contribution in [-0.2, 0) is 4.79 Å². The Balaban J connectivity index is 1.91. The third-order valence-corrected chi connectivity index (χ3v) is 2.79. The largest absolute Gasteiger partial charge is 0.356 e. The van der Waals surface area contributed by atoms with E-state index in [0.29, 0.717) is 25.2 Å². The van der Waals surface area contributed by atoms with E-state index in [0.717, 1.165) is 10.9 Å². The van der Waals surface area contributed by atoms with Crippen molar-refractivity contribution >= 4 is 22.7 Å². The lowest BCUT2D eigenvalue weighted by molar-refractivity contribution is -0.120. The van der Waals surface area contributed by atoms with Crippen LogP contribution in [0.4, 0.5) is 0 Å². The number of carbonyl (C=O) groups excluding carboxylic acids is 2. The number of H-pyrrole nitrogens is 1. The fourth-order valence-corrected chi connectivity index (χ4v) is 1.87. The van der Waals surface area contributed by atoms with E-state index >= 15 is 0 Å². The van der Waals surface area contributed by atoms with Crippen LogP contribution in [0.15, 0.2) is 30.3 Å². The zero-order valence-corrected chi connectivity index (χ0v) is 10.8. The average molecular weight is 259 g/mol. The molecule has 0 unspecified atom stereocenters. The molecule has 5 heteroatoms. The number of hydrogen-bond acceptors (Lipinski definition) is 2. The van der Waals surface area contributed by atoms with Crippen molar-refractivity contribution in [3.8, 4) is 0 Å². The quantitative estimate of drug-likeness (QED) is 0.759. The van der Waals surface area contributed by atoms with E-state index in [-0.39, 0.29) is 11.8 Å². The van der Waals surface area contributed by atoms with Crippen LogP contribution in [0.25, 0.3) is 10.9 Å². The normalized spacial score (nSPS) is 10.4. The van der Waals surface area contributed by atoms with Crippen LogP contribution in [0.3, 0.4) is 0 Å². The lowest BCUT2D eigenvalue weighted by atomic mass is 10.2. The van der Waals surface area contributed by atoms with Crippen molar-refractivity contribution in [2.75, 3.05) is 13.1 Å². The Kier molecular flexibility index (Phi) is 4.18. The predicted octanol–water partition coefficient (Wildman–Crippen LogP) is 1.42.